The molecular formula is C22H25N3O3. The Kier molecular flexibility index (Phi) is 7.07. The van der Waals surface area contributed by atoms with Crippen LogP contribution in [0.5, 0.6) is 11.5 Å². The normalized spacial score (nSPS) is 10.5. The van der Waals surface area contributed by atoms with Gasteiger partial charge in [-0.3, -0.25) is 9.48 Å². The fourth-order valence-corrected chi connectivity index (χ4v) is 2.73. The van der Waals surface area contributed by atoms with Crippen molar-refractivity contribution in [3.05, 3.63) is 72.6 Å². The number of nitrogens with one attached hydrogen (secondary N) is 1. The van der Waals surface area contributed by atoms with Crippen molar-refractivity contribution in [1.29, 1.82) is 0 Å². The van der Waals surface area contributed by atoms with Gasteiger partial charge in [0, 0.05) is 12.6 Å². The molecule has 1 aromatic heterocycles. The standard InChI is InChI=1S/C22H25N3O3/c1-2-27-20-10-12-21(13-11-20)28-14-6-9-22(26)24-19-15-23-25(17-19)16-18-7-4-3-5-8-18/h3-5,7-8,10-13,15,17H,2,6,9,14,16H2,1H3,(H,24,26). The number of hydrogen-bond donors (Lipinski definition) is 1. The summed E-state index contributed by atoms with van der Waals surface area (Å²) in [6.07, 6.45) is 4.52. The van der Waals surface area contributed by atoms with E-state index in [1.807, 2.05) is 67.7 Å². The van der Waals surface area contributed by atoms with Gasteiger partial charge in [-0.1, -0.05) is 30.3 Å². The molecule has 6 nitrogen and oxygen atoms in total. The Morgan fingerprint density at radius 1 is 1.04 bits per heavy atom. The second-order valence-corrected chi connectivity index (χ2v) is 6.32. The molecular weight excluding hydrogens is 354 g/mol. The molecule has 0 saturated carbocycles. The van der Waals surface area contributed by atoms with E-state index < -0.39 is 0 Å². The zero-order valence-electron chi connectivity index (χ0n) is 16.0. The van der Waals surface area contributed by atoms with E-state index in [0.29, 0.717) is 38.3 Å². The number of carbonyl (C=O) groups is 1. The zero-order chi connectivity index (χ0) is 19.6. The monoisotopic (exact) mass is 379 g/mol. The lowest BCUT2D eigenvalue weighted by Gasteiger charge is -2.07. The first-order valence-electron chi connectivity index (χ1n) is 9.45. The summed E-state index contributed by atoms with van der Waals surface area (Å²) in [5.74, 6) is 1.54. The number of anilines is 1. The van der Waals surface area contributed by atoms with Crippen LogP contribution in [0.2, 0.25) is 0 Å². The van der Waals surface area contributed by atoms with Gasteiger partial charge in [0.25, 0.3) is 0 Å². The third-order valence-corrected chi connectivity index (χ3v) is 4.06. The maximum absolute atomic E-state index is 12.1. The Labute approximate surface area is 165 Å². The van der Waals surface area contributed by atoms with E-state index in [2.05, 4.69) is 10.4 Å². The summed E-state index contributed by atoms with van der Waals surface area (Å²) >= 11 is 0. The van der Waals surface area contributed by atoms with Crippen LogP contribution in [-0.2, 0) is 11.3 Å². The van der Waals surface area contributed by atoms with Crippen molar-refractivity contribution in [2.45, 2.75) is 26.3 Å². The van der Waals surface area contributed by atoms with Gasteiger partial charge in [-0.25, -0.2) is 0 Å². The molecule has 0 atom stereocenters. The summed E-state index contributed by atoms with van der Waals surface area (Å²) in [5.41, 5.74) is 1.86. The van der Waals surface area contributed by atoms with Gasteiger partial charge in [-0.15, -0.1) is 0 Å². The van der Waals surface area contributed by atoms with E-state index in [9.17, 15) is 4.79 Å². The second-order valence-electron chi connectivity index (χ2n) is 6.32. The van der Waals surface area contributed by atoms with Crippen LogP contribution in [0.1, 0.15) is 25.3 Å². The minimum Gasteiger partial charge on any atom is -0.494 e. The Morgan fingerprint density at radius 3 is 2.46 bits per heavy atom. The zero-order valence-corrected chi connectivity index (χ0v) is 16.0. The molecule has 1 heterocycles. The maximum atomic E-state index is 12.1. The van der Waals surface area contributed by atoms with Crippen molar-refractivity contribution in [3.8, 4) is 11.5 Å². The van der Waals surface area contributed by atoms with Crippen LogP contribution in [0.4, 0.5) is 5.69 Å². The molecule has 3 aromatic rings. The number of ether oxygens (including phenoxy) is 2. The Hall–Kier alpha value is -3.28. The third kappa shape index (κ3) is 6.16. The molecule has 0 bridgehead atoms. The first-order valence-corrected chi connectivity index (χ1v) is 9.45. The minimum atomic E-state index is -0.0467. The molecule has 0 radical (unpaired) electrons. The fraction of sp³-hybridized carbons (Fsp3) is 0.273. The van der Waals surface area contributed by atoms with Crippen molar-refractivity contribution in [1.82, 2.24) is 9.78 Å². The highest BCUT2D eigenvalue weighted by molar-refractivity contribution is 5.90. The highest BCUT2D eigenvalue weighted by Crippen LogP contribution is 2.17. The summed E-state index contributed by atoms with van der Waals surface area (Å²) < 4.78 is 12.9. The number of benzene rings is 2. The van der Waals surface area contributed by atoms with Crippen LogP contribution in [0.3, 0.4) is 0 Å². The summed E-state index contributed by atoms with van der Waals surface area (Å²) in [5, 5.41) is 7.16. The van der Waals surface area contributed by atoms with Crippen LogP contribution >= 0.6 is 0 Å². The number of hydrogen-bond acceptors (Lipinski definition) is 4. The lowest BCUT2D eigenvalue weighted by molar-refractivity contribution is -0.116. The fourth-order valence-electron chi connectivity index (χ4n) is 2.73. The van der Waals surface area contributed by atoms with Gasteiger partial charge in [0.15, 0.2) is 0 Å². The maximum Gasteiger partial charge on any atom is 0.224 e. The van der Waals surface area contributed by atoms with Crippen molar-refractivity contribution in [3.63, 3.8) is 0 Å². The molecule has 0 spiro atoms. The highest BCUT2D eigenvalue weighted by Gasteiger charge is 2.05. The second kappa shape index (κ2) is 10.2. The smallest absolute Gasteiger partial charge is 0.224 e. The van der Waals surface area contributed by atoms with Gasteiger partial charge in [-0.05, 0) is 43.2 Å². The van der Waals surface area contributed by atoms with Gasteiger partial charge >= 0.3 is 0 Å². The summed E-state index contributed by atoms with van der Waals surface area (Å²) in [6, 6.07) is 17.6. The highest BCUT2D eigenvalue weighted by atomic mass is 16.5. The third-order valence-electron chi connectivity index (χ3n) is 4.06. The number of rotatable bonds is 10. The largest absolute Gasteiger partial charge is 0.494 e. The van der Waals surface area contributed by atoms with Crippen LogP contribution in [0, 0.1) is 0 Å². The average molecular weight is 379 g/mol. The lowest BCUT2D eigenvalue weighted by atomic mass is 10.2. The minimum absolute atomic E-state index is 0.0467. The molecule has 0 aliphatic rings. The van der Waals surface area contributed by atoms with Gasteiger partial charge in [0.05, 0.1) is 31.6 Å². The summed E-state index contributed by atoms with van der Waals surface area (Å²) in [7, 11) is 0. The van der Waals surface area contributed by atoms with Crippen molar-refractivity contribution in [2.24, 2.45) is 0 Å². The van der Waals surface area contributed by atoms with E-state index >= 15 is 0 Å². The van der Waals surface area contributed by atoms with Crippen LogP contribution in [0.15, 0.2) is 67.0 Å². The molecule has 0 aliphatic carbocycles. The van der Waals surface area contributed by atoms with E-state index in [1.54, 1.807) is 10.9 Å². The van der Waals surface area contributed by atoms with E-state index in [0.717, 1.165) is 17.1 Å². The number of amides is 1. The molecule has 0 aliphatic heterocycles. The van der Waals surface area contributed by atoms with Crippen molar-refractivity contribution in [2.75, 3.05) is 18.5 Å². The number of nitrogens with zero attached hydrogens (tertiary/aromatic N) is 2. The first kappa shape index (κ1) is 19.5. The average Bonchev–Trinajstić information content (AvgIpc) is 3.14. The predicted molar refractivity (Wildman–Crippen MR) is 109 cm³/mol. The molecule has 2 aromatic carbocycles. The lowest BCUT2D eigenvalue weighted by Crippen LogP contribution is -2.12. The van der Waals surface area contributed by atoms with Gasteiger partial charge < -0.3 is 14.8 Å². The SMILES string of the molecule is CCOc1ccc(OCCCC(=O)Nc2cnn(Cc3ccccc3)c2)cc1. The Bertz CT molecular complexity index is 860. The first-order chi connectivity index (χ1) is 13.7. The van der Waals surface area contributed by atoms with Crippen molar-refractivity contribution >= 4 is 11.6 Å². The molecule has 0 unspecified atom stereocenters. The Morgan fingerprint density at radius 2 is 1.75 bits per heavy atom. The molecule has 0 saturated heterocycles. The molecule has 0 fully saturated rings. The topological polar surface area (TPSA) is 65.4 Å². The van der Waals surface area contributed by atoms with Crippen LogP contribution in [-0.4, -0.2) is 28.9 Å². The summed E-state index contributed by atoms with van der Waals surface area (Å²) in [6.45, 7) is 3.74. The van der Waals surface area contributed by atoms with Crippen LogP contribution < -0.4 is 14.8 Å². The predicted octanol–water partition coefficient (Wildman–Crippen LogP) is 4.13. The Balaban J connectivity index is 1.36. The molecule has 146 valence electrons. The molecule has 28 heavy (non-hydrogen) atoms. The van der Waals surface area contributed by atoms with Gasteiger partial charge in [0.1, 0.15) is 11.5 Å². The van der Waals surface area contributed by atoms with E-state index in [1.165, 1.54) is 0 Å². The molecule has 1 amide bonds. The molecule has 1 N–H and O–H groups in total. The van der Waals surface area contributed by atoms with Crippen LogP contribution in [0.25, 0.3) is 0 Å². The number of carbonyl (C=O) groups excluding carboxylic acids is 1. The summed E-state index contributed by atoms with van der Waals surface area (Å²) in [4.78, 5) is 12.1. The number of aromatic nitrogens is 2. The van der Waals surface area contributed by atoms with Gasteiger partial charge in [0.2, 0.25) is 5.91 Å². The van der Waals surface area contributed by atoms with Crippen molar-refractivity contribution < 1.29 is 14.3 Å². The molecule has 3 rings (SSSR count). The molecule has 6 heteroatoms. The van der Waals surface area contributed by atoms with E-state index in [-0.39, 0.29) is 5.91 Å². The van der Waals surface area contributed by atoms with E-state index in [4.69, 9.17) is 9.47 Å². The van der Waals surface area contributed by atoms with Gasteiger partial charge in [-0.2, -0.15) is 5.10 Å². The quantitative estimate of drug-likeness (QED) is 0.538.